The van der Waals surface area contributed by atoms with Gasteiger partial charge in [-0.15, -0.1) is 0 Å². The molecule has 1 aliphatic heterocycles. The van der Waals surface area contributed by atoms with Crippen molar-refractivity contribution >= 4 is 35.0 Å². The number of nitrogens with two attached hydrogens (primary N) is 1. The third-order valence-electron chi connectivity index (χ3n) is 7.19. The number of carbonyl (C=O) groups is 3. The molecule has 2 fully saturated rings. The Morgan fingerprint density at radius 2 is 1.80 bits per heavy atom. The minimum Gasteiger partial charge on any atom is -0.338 e. The summed E-state index contributed by atoms with van der Waals surface area (Å²) in [5, 5.41) is 6.50. The van der Waals surface area contributed by atoms with Gasteiger partial charge < -0.3 is 25.4 Å². The van der Waals surface area contributed by atoms with Gasteiger partial charge in [-0.25, -0.2) is 4.98 Å². The summed E-state index contributed by atoms with van der Waals surface area (Å²) < 4.78 is 43.8. The Balaban J connectivity index is 1.29. The molecule has 15 heteroatoms. The van der Waals surface area contributed by atoms with Gasteiger partial charge in [0.05, 0.1) is 34.6 Å². The van der Waals surface area contributed by atoms with Crippen molar-refractivity contribution in [3.05, 3.63) is 52.7 Å². The normalized spacial score (nSPS) is 15.8. The van der Waals surface area contributed by atoms with Gasteiger partial charge in [-0.1, -0.05) is 11.6 Å². The van der Waals surface area contributed by atoms with Gasteiger partial charge in [0.2, 0.25) is 5.91 Å². The van der Waals surface area contributed by atoms with E-state index in [2.05, 4.69) is 15.4 Å². The molecule has 1 aromatic carbocycles. The lowest BCUT2D eigenvalue weighted by Gasteiger charge is -2.34. The van der Waals surface area contributed by atoms with Crippen LogP contribution in [0.15, 0.2) is 30.6 Å². The number of carbonyl (C=O) groups excluding carboxylic acids is 3. The van der Waals surface area contributed by atoms with Crippen molar-refractivity contribution < 1.29 is 27.6 Å². The second-order valence-corrected chi connectivity index (χ2v) is 10.5. The zero-order valence-corrected chi connectivity index (χ0v) is 22.9. The predicted molar refractivity (Wildman–Crippen MR) is 143 cm³/mol. The summed E-state index contributed by atoms with van der Waals surface area (Å²) in [7, 11) is 1.45. The van der Waals surface area contributed by atoms with Crippen LogP contribution >= 0.6 is 11.6 Å². The highest BCUT2D eigenvalue weighted by atomic mass is 35.5. The van der Waals surface area contributed by atoms with Gasteiger partial charge in [-0.3, -0.25) is 19.1 Å². The average Bonchev–Trinajstić information content (AvgIpc) is 3.51. The molecule has 11 nitrogen and oxygen atoms in total. The van der Waals surface area contributed by atoms with Crippen molar-refractivity contribution in [2.75, 3.05) is 38.0 Å². The molecule has 41 heavy (non-hydrogen) atoms. The van der Waals surface area contributed by atoms with E-state index in [9.17, 15) is 27.6 Å². The minimum absolute atomic E-state index is 0.0910. The maximum Gasteiger partial charge on any atom is 0.435 e. The number of anilines is 1. The average molecular weight is 593 g/mol. The van der Waals surface area contributed by atoms with Crippen LogP contribution in [0, 0.1) is 5.92 Å². The lowest BCUT2D eigenvalue weighted by Crippen LogP contribution is -2.51. The molecular formula is C26H28ClF3N8O3. The van der Waals surface area contributed by atoms with E-state index in [0.29, 0.717) is 38.6 Å². The standard InChI is InChI=1S/C26H28ClF3N8O3/c1-35-20(18-14-38(13-15-2-3-15)34-22(18)26(28,29)30)12-32-23(35)24(40)33-16-4-5-17(19(27)10-16)25(41)37-8-6-36(7-9-37)21(39)11-31/h4-5,10,12,14-15H,2-3,6-9,11,13,31H2,1H3,(H,33,40). The molecule has 1 aliphatic carbocycles. The minimum atomic E-state index is -4.68. The SMILES string of the molecule is Cn1c(-c2cn(CC3CC3)nc2C(F)(F)F)cnc1C(=O)Nc1ccc(C(=O)N2CCN(C(=O)CN)CC2)c(Cl)c1. The molecule has 0 radical (unpaired) electrons. The van der Waals surface area contributed by atoms with Crippen LogP contribution in [0.25, 0.3) is 11.3 Å². The number of imidazole rings is 1. The number of rotatable bonds is 7. The molecule has 1 saturated heterocycles. The molecule has 0 spiro atoms. The highest BCUT2D eigenvalue weighted by Crippen LogP contribution is 2.38. The maximum absolute atomic E-state index is 13.8. The van der Waals surface area contributed by atoms with E-state index in [1.807, 2.05) is 0 Å². The van der Waals surface area contributed by atoms with E-state index in [4.69, 9.17) is 17.3 Å². The fraction of sp³-hybridized carbons (Fsp3) is 0.423. The number of halogens is 4. The first-order valence-electron chi connectivity index (χ1n) is 13.0. The first kappa shape index (κ1) is 28.6. The third-order valence-corrected chi connectivity index (χ3v) is 7.50. The van der Waals surface area contributed by atoms with Crippen molar-refractivity contribution in [2.45, 2.75) is 25.6 Å². The van der Waals surface area contributed by atoms with Crippen LogP contribution in [0.5, 0.6) is 0 Å². The van der Waals surface area contributed by atoms with Crippen molar-refractivity contribution in [1.29, 1.82) is 0 Å². The molecule has 218 valence electrons. The van der Waals surface area contributed by atoms with Crippen LogP contribution in [-0.2, 0) is 24.6 Å². The molecule has 3 aromatic rings. The summed E-state index contributed by atoms with van der Waals surface area (Å²) in [6, 6.07) is 4.39. The Bertz CT molecular complexity index is 1490. The van der Waals surface area contributed by atoms with Crippen molar-refractivity contribution in [3.63, 3.8) is 0 Å². The van der Waals surface area contributed by atoms with Gasteiger partial charge in [-0.05, 0) is 37.0 Å². The second kappa shape index (κ2) is 11.2. The fourth-order valence-electron chi connectivity index (χ4n) is 4.76. The number of benzene rings is 1. The Kier molecular flexibility index (Phi) is 7.79. The Morgan fingerprint density at radius 1 is 1.12 bits per heavy atom. The predicted octanol–water partition coefficient (Wildman–Crippen LogP) is 2.86. The quantitative estimate of drug-likeness (QED) is 0.434. The monoisotopic (exact) mass is 592 g/mol. The van der Waals surface area contributed by atoms with E-state index >= 15 is 0 Å². The fourth-order valence-corrected chi connectivity index (χ4v) is 5.02. The van der Waals surface area contributed by atoms with Crippen molar-refractivity contribution in [2.24, 2.45) is 18.7 Å². The number of hydrogen-bond acceptors (Lipinski definition) is 6. The Hall–Kier alpha value is -3.91. The molecule has 3 heterocycles. The highest BCUT2D eigenvalue weighted by molar-refractivity contribution is 6.34. The smallest absolute Gasteiger partial charge is 0.338 e. The number of nitrogens with zero attached hydrogens (tertiary/aromatic N) is 6. The lowest BCUT2D eigenvalue weighted by molar-refractivity contribution is -0.141. The molecule has 1 saturated carbocycles. The van der Waals surface area contributed by atoms with Crippen LogP contribution in [0.1, 0.15) is 39.5 Å². The maximum atomic E-state index is 13.8. The first-order chi connectivity index (χ1) is 19.5. The third kappa shape index (κ3) is 6.07. The van der Waals surface area contributed by atoms with E-state index in [1.54, 1.807) is 9.80 Å². The van der Waals surface area contributed by atoms with E-state index in [1.165, 1.54) is 46.9 Å². The highest BCUT2D eigenvalue weighted by Gasteiger charge is 2.39. The van der Waals surface area contributed by atoms with E-state index in [-0.39, 0.29) is 51.7 Å². The van der Waals surface area contributed by atoms with Gasteiger partial charge in [0.1, 0.15) is 0 Å². The zero-order valence-electron chi connectivity index (χ0n) is 22.1. The van der Waals surface area contributed by atoms with E-state index < -0.39 is 17.8 Å². The number of aromatic nitrogens is 4. The summed E-state index contributed by atoms with van der Waals surface area (Å²) >= 11 is 6.38. The van der Waals surface area contributed by atoms with Gasteiger partial charge in [-0.2, -0.15) is 18.3 Å². The van der Waals surface area contributed by atoms with E-state index in [0.717, 1.165) is 12.8 Å². The van der Waals surface area contributed by atoms with Gasteiger partial charge in [0.15, 0.2) is 11.5 Å². The van der Waals surface area contributed by atoms with Crippen LogP contribution in [0.4, 0.5) is 18.9 Å². The molecule has 0 unspecified atom stereocenters. The number of amides is 3. The van der Waals surface area contributed by atoms with Crippen molar-refractivity contribution in [3.8, 4) is 11.3 Å². The molecule has 0 atom stereocenters. The van der Waals surface area contributed by atoms with Gasteiger partial charge >= 0.3 is 6.18 Å². The second-order valence-electron chi connectivity index (χ2n) is 10.1. The Labute approximate surface area is 238 Å². The zero-order chi connectivity index (χ0) is 29.5. The molecule has 5 rings (SSSR count). The summed E-state index contributed by atoms with van der Waals surface area (Å²) in [5.41, 5.74) is 4.80. The summed E-state index contributed by atoms with van der Waals surface area (Å²) in [5.74, 6) is -0.969. The van der Waals surface area contributed by atoms with Crippen LogP contribution in [-0.4, -0.2) is 79.6 Å². The number of alkyl halides is 3. The summed E-state index contributed by atoms with van der Waals surface area (Å²) in [4.78, 5) is 45.0. The topological polar surface area (TPSA) is 131 Å². The first-order valence-corrected chi connectivity index (χ1v) is 13.4. The number of nitrogens with one attached hydrogen (secondary N) is 1. The molecule has 2 aromatic heterocycles. The molecule has 3 N–H and O–H groups in total. The van der Waals surface area contributed by atoms with Crippen molar-refractivity contribution in [1.82, 2.24) is 29.1 Å². The van der Waals surface area contributed by atoms with Gasteiger partial charge in [0, 0.05) is 51.7 Å². The largest absolute Gasteiger partial charge is 0.435 e. The van der Waals surface area contributed by atoms with Crippen LogP contribution in [0.3, 0.4) is 0 Å². The molecule has 3 amide bonds. The molecule has 2 aliphatic rings. The van der Waals surface area contributed by atoms with Crippen LogP contribution in [0.2, 0.25) is 5.02 Å². The van der Waals surface area contributed by atoms with Crippen LogP contribution < -0.4 is 11.1 Å². The van der Waals surface area contributed by atoms with Gasteiger partial charge in [0.25, 0.3) is 11.8 Å². The summed E-state index contributed by atoms with van der Waals surface area (Å²) in [6.07, 6.45) is -0.216. The molecular weight excluding hydrogens is 565 g/mol. The summed E-state index contributed by atoms with van der Waals surface area (Å²) in [6.45, 7) is 1.70. The number of hydrogen-bond donors (Lipinski definition) is 2. The lowest BCUT2D eigenvalue weighted by atomic mass is 10.1. The molecule has 0 bridgehead atoms. The Morgan fingerprint density at radius 3 is 2.41 bits per heavy atom. The number of piperazine rings is 1.